The van der Waals surface area contributed by atoms with Gasteiger partial charge in [0.1, 0.15) is 5.25 Å². The van der Waals surface area contributed by atoms with Crippen LogP contribution in [0, 0.1) is 0 Å². The van der Waals surface area contributed by atoms with E-state index in [1.807, 2.05) is 0 Å². The zero-order valence-electron chi connectivity index (χ0n) is 10.2. The van der Waals surface area contributed by atoms with Gasteiger partial charge in [-0.15, -0.1) is 0 Å². The Morgan fingerprint density at radius 2 is 2.05 bits per heavy atom. The number of nitrogens with two attached hydrogens (primary N) is 1. The van der Waals surface area contributed by atoms with E-state index in [0.29, 0.717) is 11.3 Å². The smallest absolute Gasteiger partial charge is 0.187 e. The van der Waals surface area contributed by atoms with Crippen LogP contribution in [0.25, 0.3) is 11.3 Å². The molecule has 2 aromatic rings. The van der Waals surface area contributed by atoms with Crippen molar-refractivity contribution in [2.75, 3.05) is 18.9 Å². The van der Waals surface area contributed by atoms with Crippen molar-refractivity contribution in [1.29, 1.82) is 0 Å². The van der Waals surface area contributed by atoms with Crippen molar-refractivity contribution < 1.29 is 17.7 Å². The first-order valence-corrected chi connectivity index (χ1v) is 7.74. The van der Waals surface area contributed by atoms with Crippen LogP contribution in [0.3, 0.4) is 0 Å². The summed E-state index contributed by atoms with van der Waals surface area (Å²) in [6.07, 6.45) is 0. The largest absolute Gasteiger partial charge is 0.381 e. The molecule has 0 spiro atoms. The van der Waals surface area contributed by atoms with Gasteiger partial charge in [-0.25, -0.2) is 8.42 Å². The van der Waals surface area contributed by atoms with Crippen molar-refractivity contribution in [2.24, 2.45) is 0 Å². The molecule has 106 valence electrons. The molecule has 6 nitrogen and oxygen atoms in total. The quantitative estimate of drug-likeness (QED) is 0.927. The lowest BCUT2D eigenvalue weighted by molar-refractivity contribution is 0.0416. The van der Waals surface area contributed by atoms with E-state index < -0.39 is 15.1 Å². The predicted octanol–water partition coefficient (Wildman–Crippen LogP) is 1.75. The second-order valence-electron chi connectivity index (χ2n) is 4.47. The molecule has 2 heterocycles. The van der Waals surface area contributed by atoms with Crippen LogP contribution in [0.15, 0.2) is 33.7 Å². The van der Waals surface area contributed by atoms with E-state index >= 15 is 0 Å². The molecule has 0 atom stereocenters. The first-order chi connectivity index (χ1) is 9.48. The molecular formula is C12H11ClN2O4S. The standard InChI is InChI=1S/C12H11ClN2O4S/c13-9-3-7(10-4-12(14)15-19-10)1-2-11(9)20(16,17)8-5-18-6-8/h1-4,8H,5-6H2,(H2,14,15). The Kier molecular flexibility index (Phi) is 3.19. The van der Waals surface area contributed by atoms with Crippen molar-refractivity contribution in [3.05, 3.63) is 29.3 Å². The Morgan fingerprint density at radius 1 is 1.30 bits per heavy atom. The number of ether oxygens (including phenoxy) is 1. The Labute approximate surface area is 120 Å². The first-order valence-electron chi connectivity index (χ1n) is 5.82. The monoisotopic (exact) mass is 314 g/mol. The summed E-state index contributed by atoms with van der Waals surface area (Å²) >= 11 is 6.08. The maximum absolute atomic E-state index is 12.3. The first kappa shape index (κ1) is 13.4. The van der Waals surface area contributed by atoms with Crippen LogP contribution < -0.4 is 5.73 Å². The SMILES string of the molecule is Nc1cc(-c2ccc(S(=O)(=O)C3COC3)c(Cl)c2)on1. The van der Waals surface area contributed by atoms with Gasteiger partial charge >= 0.3 is 0 Å². The van der Waals surface area contributed by atoms with E-state index in [1.54, 1.807) is 12.1 Å². The molecule has 2 N–H and O–H groups in total. The molecule has 0 amide bonds. The molecule has 3 rings (SSSR count). The second-order valence-corrected chi connectivity index (χ2v) is 7.07. The maximum Gasteiger partial charge on any atom is 0.187 e. The minimum Gasteiger partial charge on any atom is -0.381 e. The minimum atomic E-state index is -3.45. The van der Waals surface area contributed by atoms with Gasteiger partial charge in [0.15, 0.2) is 21.4 Å². The van der Waals surface area contributed by atoms with Crippen molar-refractivity contribution in [1.82, 2.24) is 5.16 Å². The predicted molar refractivity (Wildman–Crippen MR) is 73.2 cm³/mol. The molecule has 1 aromatic carbocycles. The highest BCUT2D eigenvalue weighted by Crippen LogP contribution is 2.32. The molecule has 0 radical (unpaired) electrons. The molecule has 8 heteroatoms. The van der Waals surface area contributed by atoms with E-state index in [2.05, 4.69) is 5.16 Å². The summed E-state index contributed by atoms with van der Waals surface area (Å²) in [4.78, 5) is 0.101. The minimum absolute atomic E-state index is 0.101. The van der Waals surface area contributed by atoms with Crippen LogP contribution in [0.1, 0.15) is 0 Å². The molecular weight excluding hydrogens is 304 g/mol. The molecule has 1 aliphatic rings. The van der Waals surface area contributed by atoms with Gasteiger partial charge in [-0.1, -0.05) is 16.8 Å². The normalized spacial score (nSPS) is 16.1. The van der Waals surface area contributed by atoms with Gasteiger partial charge in [0, 0.05) is 11.6 Å². The molecule has 1 saturated heterocycles. The van der Waals surface area contributed by atoms with Gasteiger partial charge in [-0.3, -0.25) is 0 Å². The van der Waals surface area contributed by atoms with Crippen LogP contribution in [0.4, 0.5) is 5.82 Å². The van der Waals surface area contributed by atoms with Crippen LogP contribution in [0.5, 0.6) is 0 Å². The van der Waals surface area contributed by atoms with Crippen molar-refractivity contribution in [3.63, 3.8) is 0 Å². The molecule has 1 fully saturated rings. The maximum atomic E-state index is 12.3. The zero-order valence-corrected chi connectivity index (χ0v) is 11.8. The fraction of sp³-hybridized carbons (Fsp3) is 0.250. The number of sulfone groups is 1. The summed E-state index contributed by atoms with van der Waals surface area (Å²) in [5.41, 5.74) is 6.08. The molecule has 1 aliphatic heterocycles. The van der Waals surface area contributed by atoms with Gasteiger partial charge in [0.05, 0.1) is 23.1 Å². The van der Waals surface area contributed by atoms with Gasteiger partial charge < -0.3 is 15.0 Å². The number of nitrogens with zero attached hydrogens (tertiary/aromatic N) is 1. The van der Waals surface area contributed by atoms with Crippen LogP contribution in [-0.4, -0.2) is 32.0 Å². The number of rotatable bonds is 3. The number of aromatic nitrogens is 1. The Morgan fingerprint density at radius 3 is 2.55 bits per heavy atom. The molecule has 20 heavy (non-hydrogen) atoms. The summed E-state index contributed by atoms with van der Waals surface area (Å²) in [6.45, 7) is 0.415. The van der Waals surface area contributed by atoms with Crippen LogP contribution >= 0.6 is 11.6 Å². The second kappa shape index (κ2) is 4.76. The number of hydrogen-bond acceptors (Lipinski definition) is 6. The highest BCUT2D eigenvalue weighted by molar-refractivity contribution is 7.92. The summed E-state index contributed by atoms with van der Waals surface area (Å²) in [6, 6.07) is 6.13. The average Bonchev–Trinajstić information content (AvgIpc) is 2.72. The molecule has 0 bridgehead atoms. The Hall–Kier alpha value is -1.57. The third-order valence-electron chi connectivity index (χ3n) is 3.10. The van der Waals surface area contributed by atoms with Crippen molar-refractivity contribution in [2.45, 2.75) is 10.1 Å². The molecule has 0 aliphatic carbocycles. The van der Waals surface area contributed by atoms with E-state index in [4.69, 9.17) is 26.6 Å². The summed E-state index contributed by atoms with van der Waals surface area (Å²) < 4.78 is 34.5. The van der Waals surface area contributed by atoms with Gasteiger partial charge in [0.2, 0.25) is 0 Å². The molecule has 1 aromatic heterocycles. The van der Waals surface area contributed by atoms with Crippen LogP contribution in [0.2, 0.25) is 5.02 Å². The highest BCUT2D eigenvalue weighted by atomic mass is 35.5. The van der Waals surface area contributed by atoms with E-state index in [9.17, 15) is 8.42 Å². The topological polar surface area (TPSA) is 95.4 Å². The average molecular weight is 315 g/mol. The summed E-state index contributed by atoms with van der Waals surface area (Å²) in [5, 5.41) is 3.19. The van der Waals surface area contributed by atoms with E-state index in [1.165, 1.54) is 12.1 Å². The summed E-state index contributed by atoms with van der Waals surface area (Å²) in [5.74, 6) is 0.680. The van der Waals surface area contributed by atoms with E-state index in [-0.39, 0.29) is 28.9 Å². The van der Waals surface area contributed by atoms with Crippen LogP contribution in [-0.2, 0) is 14.6 Å². The number of hydrogen-bond donors (Lipinski definition) is 1. The fourth-order valence-electron chi connectivity index (χ4n) is 1.88. The number of halogens is 1. The van der Waals surface area contributed by atoms with Gasteiger partial charge in [-0.2, -0.15) is 0 Å². The van der Waals surface area contributed by atoms with Gasteiger partial charge in [-0.05, 0) is 18.2 Å². The summed E-state index contributed by atoms with van der Waals surface area (Å²) in [7, 11) is -3.45. The number of benzene rings is 1. The lowest BCUT2D eigenvalue weighted by Crippen LogP contribution is -2.40. The third-order valence-corrected chi connectivity index (χ3v) is 5.64. The lowest BCUT2D eigenvalue weighted by atomic mass is 10.2. The zero-order chi connectivity index (χ0) is 14.3. The fourth-order valence-corrected chi connectivity index (χ4v) is 3.88. The Balaban J connectivity index is 1.99. The van der Waals surface area contributed by atoms with E-state index in [0.717, 1.165) is 0 Å². The van der Waals surface area contributed by atoms with Gasteiger partial charge in [0.25, 0.3) is 0 Å². The van der Waals surface area contributed by atoms with Crippen molar-refractivity contribution in [3.8, 4) is 11.3 Å². The third kappa shape index (κ3) is 2.17. The van der Waals surface area contributed by atoms with Crippen molar-refractivity contribution >= 4 is 27.3 Å². The molecule has 0 unspecified atom stereocenters. The lowest BCUT2D eigenvalue weighted by Gasteiger charge is -2.26. The highest BCUT2D eigenvalue weighted by Gasteiger charge is 2.35. The number of nitrogen functional groups attached to an aromatic ring is 1. The molecule has 0 saturated carbocycles. The Bertz CT molecular complexity index is 753. The number of anilines is 1.